The van der Waals surface area contributed by atoms with Gasteiger partial charge in [-0.1, -0.05) is 0 Å². The van der Waals surface area contributed by atoms with Crippen molar-refractivity contribution < 1.29 is 26.6 Å². The molecule has 0 atom stereocenters. The van der Waals surface area contributed by atoms with E-state index >= 15 is 0 Å². The summed E-state index contributed by atoms with van der Waals surface area (Å²) in [6.07, 6.45) is -0.741. The molecule has 0 saturated carbocycles. The van der Waals surface area contributed by atoms with Crippen LogP contribution in [0, 0.1) is 0 Å². The van der Waals surface area contributed by atoms with Gasteiger partial charge in [-0.15, -0.1) is 0 Å². The first-order chi connectivity index (χ1) is 11.3. The third-order valence-electron chi connectivity index (χ3n) is 2.87. The fourth-order valence-corrected chi connectivity index (χ4v) is 2.80. The molecule has 1 amide bonds. The molecule has 0 aliphatic heterocycles. The molecule has 126 valence electrons. The van der Waals surface area contributed by atoms with E-state index < -0.39 is 20.3 Å². The molecule has 0 heterocycles. The number of benzene rings is 2. The summed E-state index contributed by atoms with van der Waals surface area (Å²) in [5.41, 5.74) is 0.846. The number of hydrogen-bond donors (Lipinski definition) is 4. The van der Waals surface area contributed by atoms with E-state index in [2.05, 4.69) is 20.3 Å². The van der Waals surface area contributed by atoms with Crippen molar-refractivity contribution in [3.63, 3.8) is 0 Å². The molecule has 2 aromatic rings. The Morgan fingerprint density at radius 3 is 2.25 bits per heavy atom. The van der Waals surface area contributed by atoms with E-state index in [-0.39, 0.29) is 15.8 Å². The molecule has 0 aliphatic rings. The van der Waals surface area contributed by atoms with Crippen LogP contribution in [0.5, 0.6) is 5.75 Å². The first kappa shape index (κ1) is 17.7. The van der Waals surface area contributed by atoms with E-state index in [1.165, 1.54) is 49.6 Å². The summed E-state index contributed by atoms with van der Waals surface area (Å²) in [7, 11) is 1.19. The molecule has 0 spiro atoms. The molecular formula is C14H14AsN3O6. The summed E-state index contributed by atoms with van der Waals surface area (Å²) in [5, 5.41) is 19.8. The van der Waals surface area contributed by atoms with Gasteiger partial charge in [-0.3, -0.25) is 0 Å². The van der Waals surface area contributed by atoms with Crippen molar-refractivity contribution in [3.8, 4) is 5.75 Å². The van der Waals surface area contributed by atoms with E-state index in [4.69, 9.17) is 8.19 Å². The van der Waals surface area contributed by atoms with Crippen LogP contribution >= 0.6 is 0 Å². The topological polar surface area (TPSA) is 141 Å². The Labute approximate surface area is 139 Å². The normalized spacial score (nSPS) is 11.5. The maximum atomic E-state index is 11.2. The van der Waals surface area contributed by atoms with Crippen molar-refractivity contribution >= 4 is 41.7 Å². The molecule has 0 aromatic heterocycles. The zero-order valence-corrected chi connectivity index (χ0v) is 14.3. The van der Waals surface area contributed by atoms with Crippen LogP contribution in [0.15, 0.2) is 52.7 Å². The van der Waals surface area contributed by atoms with Gasteiger partial charge in [0.05, 0.1) is 7.11 Å². The van der Waals surface area contributed by atoms with Gasteiger partial charge >= 0.3 is 132 Å². The summed E-state index contributed by atoms with van der Waals surface area (Å²) in [6.45, 7) is 0. The van der Waals surface area contributed by atoms with Crippen LogP contribution in [0.3, 0.4) is 0 Å². The molecule has 2 aromatic carbocycles. The number of methoxy groups -OCH3 is 1. The average Bonchev–Trinajstić information content (AvgIpc) is 2.55. The van der Waals surface area contributed by atoms with E-state index in [0.29, 0.717) is 11.4 Å². The fourth-order valence-electron chi connectivity index (χ4n) is 1.68. The van der Waals surface area contributed by atoms with Crippen molar-refractivity contribution in [2.24, 2.45) is 10.2 Å². The van der Waals surface area contributed by atoms with Crippen LogP contribution in [0.2, 0.25) is 0 Å². The molecule has 0 saturated heterocycles. The average molecular weight is 395 g/mol. The van der Waals surface area contributed by atoms with E-state index in [1.807, 2.05) is 0 Å². The SMILES string of the molecule is COC(=O)Nc1cc(N=Nc2ccc([As](=O)(O)O)cc2)ccc1O. The van der Waals surface area contributed by atoms with Crippen molar-refractivity contribution in [2.75, 3.05) is 12.4 Å². The minimum absolute atomic E-state index is 0.0544. The Morgan fingerprint density at radius 1 is 1.08 bits per heavy atom. The monoisotopic (exact) mass is 395 g/mol. The van der Waals surface area contributed by atoms with Gasteiger partial charge in [-0.2, -0.15) is 0 Å². The minimum atomic E-state index is -4.91. The number of rotatable bonds is 4. The first-order valence-corrected chi connectivity index (χ1v) is 9.94. The Morgan fingerprint density at radius 2 is 1.67 bits per heavy atom. The van der Waals surface area contributed by atoms with E-state index in [1.54, 1.807) is 0 Å². The fraction of sp³-hybridized carbons (Fsp3) is 0.0714. The number of anilines is 1. The Bertz CT molecular complexity index is 816. The van der Waals surface area contributed by atoms with Gasteiger partial charge in [0.1, 0.15) is 0 Å². The van der Waals surface area contributed by atoms with Gasteiger partial charge in [0.2, 0.25) is 0 Å². The number of amides is 1. The van der Waals surface area contributed by atoms with Gasteiger partial charge in [0.15, 0.2) is 0 Å². The van der Waals surface area contributed by atoms with Gasteiger partial charge in [0.25, 0.3) is 0 Å². The van der Waals surface area contributed by atoms with Crippen LogP contribution in [0.25, 0.3) is 0 Å². The van der Waals surface area contributed by atoms with Crippen molar-refractivity contribution in [3.05, 3.63) is 42.5 Å². The predicted octanol–water partition coefficient (Wildman–Crippen LogP) is 1.55. The summed E-state index contributed by atoms with van der Waals surface area (Å²) in [4.78, 5) is 11.2. The van der Waals surface area contributed by atoms with E-state index in [0.717, 1.165) is 0 Å². The number of ether oxygens (including phenoxy) is 1. The molecule has 9 nitrogen and oxygen atoms in total. The molecule has 0 aliphatic carbocycles. The van der Waals surface area contributed by atoms with Crippen LogP contribution in [-0.4, -0.2) is 40.7 Å². The number of phenols is 1. The Kier molecular flexibility index (Phi) is 5.40. The predicted molar refractivity (Wildman–Crippen MR) is 85.3 cm³/mol. The number of nitrogens with zero attached hydrogens (tertiary/aromatic N) is 2. The van der Waals surface area contributed by atoms with Crippen LogP contribution in [0.4, 0.5) is 21.9 Å². The first-order valence-electron chi connectivity index (χ1n) is 6.55. The van der Waals surface area contributed by atoms with Crippen LogP contribution in [0.1, 0.15) is 0 Å². The number of aromatic hydroxyl groups is 1. The van der Waals surface area contributed by atoms with Gasteiger partial charge < -0.3 is 0 Å². The molecule has 2 rings (SSSR count). The van der Waals surface area contributed by atoms with Gasteiger partial charge in [0, 0.05) is 0 Å². The van der Waals surface area contributed by atoms with E-state index in [9.17, 15) is 13.6 Å². The van der Waals surface area contributed by atoms with Crippen molar-refractivity contribution in [1.82, 2.24) is 0 Å². The standard InChI is InChI=1S/C14H14AsN3O6/c1-24-14(20)16-12-8-11(6-7-13(12)19)18-17-10-4-2-9(3-5-10)15(21,22)23/h2-8,19H,1H3,(H,16,20)(H2,21,22,23). The number of carbonyl (C=O) groups is 1. The Hall–Kier alpha value is -2.61. The summed E-state index contributed by atoms with van der Waals surface area (Å²) >= 11 is -4.91. The second kappa shape index (κ2) is 7.31. The molecule has 0 bridgehead atoms. The summed E-state index contributed by atoms with van der Waals surface area (Å²) < 4.78 is 33.7. The van der Waals surface area contributed by atoms with Crippen molar-refractivity contribution in [2.45, 2.75) is 0 Å². The van der Waals surface area contributed by atoms with Crippen LogP contribution in [-0.2, 0) is 8.48 Å². The second-order valence-electron chi connectivity index (χ2n) is 4.58. The third kappa shape index (κ3) is 4.69. The molecule has 0 fully saturated rings. The number of hydrogen-bond acceptors (Lipinski definition) is 6. The van der Waals surface area contributed by atoms with Crippen LogP contribution < -0.4 is 9.67 Å². The zero-order valence-electron chi connectivity index (χ0n) is 12.4. The number of nitrogens with one attached hydrogen (secondary N) is 1. The molecule has 24 heavy (non-hydrogen) atoms. The van der Waals surface area contributed by atoms with Crippen molar-refractivity contribution in [1.29, 1.82) is 0 Å². The second-order valence-corrected chi connectivity index (χ2v) is 7.94. The molecule has 4 N–H and O–H groups in total. The third-order valence-corrected chi connectivity index (χ3v) is 4.91. The number of phenolic OH excluding ortho intramolecular Hbond substituents is 1. The van der Waals surface area contributed by atoms with Gasteiger partial charge in [-0.25, -0.2) is 0 Å². The Balaban J connectivity index is 2.18. The molecular weight excluding hydrogens is 381 g/mol. The quantitative estimate of drug-likeness (QED) is 0.352. The maximum absolute atomic E-state index is 11.2. The summed E-state index contributed by atoms with van der Waals surface area (Å²) in [5.74, 6) is -0.160. The summed E-state index contributed by atoms with van der Waals surface area (Å²) in [6, 6.07) is 9.63. The molecule has 0 radical (unpaired) electrons. The molecule has 10 heteroatoms. The van der Waals surface area contributed by atoms with Gasteiger partial charge in [-0.05, 0) is 0 Å². The number of carbonyl (C=O) groups excluding carboxylic acids is 1. The zero-order chi connectivity index (χ0) is 17.7. The number of azo groups is 1. The molecule has 0 unspecified atom stereocenters.